The van der Waals surface area contributed by atoms with Crippen LogP contribution in [0.5, 0.6) is 5.75 Å². The lowest BCUT2D eigenvalue weighted by atomic mass is 10.1. The predicted octanol–water partition coefficient (Wildman–Crippen LogP) is 1.15. The lowest BCUT2D eigenvalue weighted by molar-refractivity contribution is 0.0887. The van der Waals surface area contributed by atoms with Gasteiger partial charge in [0.15, 0.2) is 0 Å². The summed E-state index contributed by atoms with van der Waals surface area (Å²) in [4.78, 5) is 12.4. The van der Waals surface area contributed by atoms with Crippen LogP contribution in [0.2, 0.25) is 0 Å². The third kappa shape index (κ3) is 5.61. The Hall–Kier alpha value is -1.79. The number of nitrogens with two attached hydrogens (primary N) is 2. The fraction of sp³-hybridized carbons (Fsp3) is 0.533. The van der Waals surface area contributed by atoms with Gasteiger partial charge in [-0.3, -0.25) is 4.79 Å². The molecular formula is C15H25N3O3. The molecule has 6 heteroatoms. The smallest absolute Gasteiger partial charge is 0.255 e. The highest BCUT2D eigenvalue weighted by atomic mass is 16.5. The molecule has 0 aliphatic rings. The van der Waals surface area contributed by atoms with Gasteiger partial charge in [0.2, 0.25) is 0 Å². The van der Waals surface area contributed by atoms with Crippen LogP contribution in [0.4, 0.5) is 5.69 Å². The van der Waals surface area contributed by atoms with E-state index in [0.717, 1.165) is 19.3 Å². The number of nitrogen functional groups attached to an aromatic ring is 1. The molecule has 0 saturated carbocycles. The number of carbonyl (C=O) groups is 1. The van der Waals surface area contributed by atoms with E-state index in [9.17, 15) is 4.79 Å². The largest absolute Gasteiger partial charge is 0.496 e. The summed E-state index contributed by atoms with van der Waals surface area (Å²) >= 11 is 0. The van der Waals surface area contributed by atoms with Crippen LogP contribution in [-0.4, -0.2) is 39.3 Å². The second-order valence-electron chi connectivity index (χ2n) is 4.87. The van der Waals surface area contributed by atoms with E-state index in [-0.39, 0.29) is 11.9 Å². The number of hydrogen-bond acceptors (Lipinski definition) is 5. The summed E-state index contributed by atoms with van der Waals surface area (Å²) in [7, 11) is 3.14. The van der Waals surface area contributed by atoms with E-state index in [4.69, 9.17) is 20.9 Å². The summed E-state index contributed by atoms with van der Waals surface area (Å²) in [6, 6.07) is 4.94. The molecule has 1 rings (SSSR count). The Morgan fingerprint density at radius 3 is 2.71 bits per heavy atom. The second kappa shape index (κ2) is 9.20. The number of carbonyl (C=O) groups excluding carboxylic acids is 1. The van der Waals surface area contributed by atoms with E-state index in [1.54, 1.807) is 25.3 Å². The Morgan fingerprint density at radius 1 is 1.33 bits per heavy atom. The monoisotopic (exact) mass is 295 g/mol. The highest BCUT2D eigenvalue weighted by Crippen LogP contribution is 2.21. The highest BCUT2D eigenvalue weighted by molar-refractivity contribution is 5.98. The lowest BCUT2D eigenvalue weighted by Crippen LogP contribution is -2.38. The predicted molar refractivity (Wildman–Crippen MR) is 83.4 cm³/mol. The van der Waals surface area contributed by atoms with Crippen LogP contribution in [0.25, 0.3) is 0 Å². The fourth-order valence-electron chi connectivity index (χ4n) is 2.10. The number of nitrogens with one attached hydrogen (secondary N) is 1. The SMILES string of the molecule is COC[C@H](CCCCN)NC(=O)c1cc(N)ccc1OC. The molecule has 0 heterocycles. The van der Waals surface area contributed by atoms with Crippen molar-refractivity contribution in [3.05, 3.63) is 23.8 Å². The quantitative estimate of drug-likeness (QED) is 0.469. The van der Waals surface area contributed by atoms with Crippen LogP contribution in [0, 0.1) is 0 Å². The zero-order chi connectivity index (χ0) is 15.7. The summed E-state index contributed by atoms with van der Waals surface area (Å²) in [6.45, 7) is 1.11. The Balaban J connectivity index is 2.74. The number of methoxy groups -OCH3 is 2. The molecule has 5 N–H and O–H groups in total. The van der Waals surface area contributed by atoms with E-state index in [0.29, 0.717) is 30.2 Å². The molecule has 0 bridgehead atoms. The normalized spacial score (nSPS) is 12.0. The van der Waals surface area contributed by atoms with Crippen molar-refractivity contribution in [3.8, 4) is 5.75 Å². The molecule has 0 fully saturated rings. The van der Waals surface area contributed by atoms with Crippen molar-refractivity contribution < 1.29 is 14.3 Å². The first-order chi connectivity index (χ1) is 10.1. The molecule has 1 aromatic carbocycles. The van der Waals surface area contributed by atoms with Gasteiger partial charge in [0, 0.05) is 12.8 Å². The number of benzene rings is 1. The van der Waals surface area contributed by atoms with Gasteiger partial charge in [0.1, 0.15) is 5.75 Å². The Morgan fingerprint density at radius 2 is 2.10 bits per heavy atom. The standard InChI is InChI=1S/C15H25N3O3/c1-20-10-12(5-3-4-8-16)18-15(19)13-9-11(17)6-7-14(13)21-2/h6-7,9,12H,3-5,8,10,16-17H2,1-2H3,(H,18,19)/t12-/m0/s1. The number of unbranched alkanes of at least 4 members (excludes halogenated alkanes) is 1. The minimum atomic E-state index is -0.214. The van der Waals surface area contributed by atoms with Crippen LogP contribution in [0.1, 0.15) is 29.6 Å². The van der Waals surface area contributed by atoms with Gasteiger partial charge in [-0.15, -0.1) is 0 Å². The second-order valence-corrected chi connectivity index (χ2v) is 4.87. The van der Waals surface area contributed by atoms with E-state index >= 15 is 0 Å². The maximum atomic E-state index is 12.4. The van der Waals surface area contributed by atoms with Gasteiger partial charge in [-0.25, -0.2) is 0 Å². The maximum Gasteiger partial charge on any atom is 0.255 e. The number of anilines is 1. The highest BCUT2D eigenvalue weighted by Gasteiger charge is 2.17. The Labute approximate surface area is 125 Å². The maximum absolute atomic E-state index is 12.4. The van der Waals surface area contributed by atoms with Gasteiger partial charge in [-0.1, -0.05) is 6.42 Å². The third-order valence-electron chi connectivity index (χ3n) is 3.18. The van der Waals surface area contributed by atoms with Crippen LogP contribution < -0.4 is 21.5 Å². The van der Waals surface area contributed by atoms with Gasteiger partial charge in [0.25, 0.3) is 5.91 Å². The van der Waals surface area contributed by atoms with Gasteiger partial charge < -0.3 is 26.3 Å². The van der Waals surface area contributed by atoms with Crippen LogP contribution in [-0.2, 0) is 4.74 Å². The molecule has 0 radical (unpaired) electrons. The number of hydrogen-bond donors (Lipinski definition) is 3. The zero-order valence-corrected chi connectivity index (χ0v) is 12.7. The molecule has 0 aliphatic carbocycles. The molecule has 1 aromatic rings. The van der Waals surface area contributed by atoms with Gasteiger partial charge in [-0.05, 0) is 37.6 Å². The first-order valence-electron chi connectivity index (χ1n) is 7.05. The van der Waals surface area contributed by atoms with Crippen molar-refractivity contribution in [2.45, 2.75) is 25.3 Å². The van der Waals surface area contributed by atoms with Crippen molar-refractivity contribution in [2.24, 2.45) is 5.73 Å². The molecule has 6 nitrogen and oxygen atoms in total. The number of rotatable bonds is 9. The van der Waals surface area contributed by atoms with Crippen molar-refractivity contribution in [3.63, 3.8) is 0 Å². The minimum Gasteiger partial charge on any atom is -0.496 e. The molecule has 118 valence electrons. The van der Waals surface area contributed by atoms with Crippen LogP contribution in [0.3, 0.4) is 0 Å². The fourth-order valence-corrected chi connectivity index (χ4v) is 2.10. The molecular weight excluding hydrogens is 270 g/mol. The molecule has 0 unspecified atom stereocenters. The molecule has 1 atom stereocenters. The molecule has 0 spiro atoms. The van der Waals surface area contributed by atoms with Crippen molar-refractivity contribution in [1.82, 2.24) is 5.32 Å². The average Bonchev–Trinajstić information content (AvgIpc) is 2.47. The Bertz CT molecular complexity index is 452. The summed E-state index contributed by atoms with van der Waals surface area (Å²) in [5.74, 6) is 0.286. The number of amides is 1. The first kappa shape index (κ1) is 17.3. The Kier molecular flexibility index (Phi) is 7.56. The summed E-state index contributed by atoms with van der Waals surface area (Å²) in [6.07, 6.45) is 2.69. The van der Waals surface area contributed by atoms with Crippen LogP contribution in [0.15, 0.2) is 18.2 Å². The van der Waals surface area contributed by atoms with Crippen molar-refractivity contribution >= 4 is 11.6 Å². The minimum absolute atomic E-state index is 0.0554. The lowest BCUT2D eigenvalue weighted by Gasteiger charge is -2.19. The molecule has 0 aliphatic heterocycles. The zero-order valence-electron chi connectivity index (χ0n) is 12.7. The molecule has 21 heavy (non-hydrogen) atoms. The van der Waals surface area contributed by atoms with Crippen molar-refractivity contribution in [2.75, 3.05) is 33.1 Å². The third-order valence-corrected chi connectivity index (χ3v) is 3.18. The van der Waals surface area contributed by atoms with Gasteiger partial charge in [-0.2, -0.15) is 0 Å². The molecule has 0 saturated heterocycles. The average molecular weight is 295 g/mol. The van der Waals surface area contributed by atoms with Gasteiger partial charge >= 0.3 is 0 Å². The molecule has 1 amide bonds. The summed E-state index contributed by atoms with van der Waals surface area (Å²) < 4.78 is 10.3. The topological polar surface area (TPSA) is 99.6 Å². The summed E-state index contributed by atoms with van der Waals surface area (Å²) in [5.41, 5.74) is 12.2. The van der Waals surface area contributed by atoms with Crippen LogP contribution >= 0.6 is 0 Å². The van der Waals surface area contributed by atoms with Crippen molar-refractivity contribution in [1.29, 1.82) is 0 Å². The summed E-state index contributed by atoms with van der Waals surface area (Å²) in [5, 5.41) is 2.95. The number of ether oxygens (including phenoxy) is 2. The van der Waals surface area contributed by atoms with Gasteiger partial charge in [0.05, 0.1) is 25.3 Å². The van der Waals surface area contributed by atoms with E-state index in [2.05, 4.69) is 5.32 Å². The van der Waals surface area contributed by atoms with E-state index < -0.39 is 0 Å². The molecule has 0 aromatic heterocycles. The van der Waals surface area contributed by atoms with E-state index in [1.165, 1.54) is 7.11 Å². The van der Waals surface area contributed by atoms with E-state index in [1.807, 2.05) is 0 Å². The first-order valence-corrected chi connectivity index (χ1v) is 7.05.